The zero-order valence-corrected chi connectivity index (χ0v) is 8.51. The molecule has 2 aliphatic heterocycles. The third-order valence-corrected chi connectivity index (χ3v) is 2.90. The van der Waals surface area contributed by atoms with Crippen molar-refractivity contribution in [3.8, 4) is 0 Å². The Kier molecular flexibility index (Phi) is 2.33. The normalized spacial score (nSPS) is 23.8. The Hall–Kier alpha value is -0.870. The van der Waals surface area contributed by atoms with Crippen LogP contribution in [-0.4, -0.2) is 50.7 Å². The lowest BCUT2D eigenvalue weighted by molar-refractivity contribution is -0.186. The van der Waals surface area contributed by atoms with Crippen LogP contribution in [0, 0.1) is 5.41 Å². The molecule has 0 aromatic rings. The Morgan fingerprint density at radius 2 is 2.21 bits per heavy atom. The van der Waals surface area contributed by atoms with Crippen molar-refractivity contribution >= 4 is 5.91 Å². The summed E-state index contributed by atoms with van der Waals surface area (Å²) in [6, 6.07) is 0. The molecule has 2 heterocycles. The molecular formula is C10H16N2O2. The largest absolute Gasteiger partial charge is 0.380 e. The minimum Gasteiger partial charge on any atom is -0.380 e. The van der Waals surface area contributed by atoms with E-state index in [1.807, 2.05) is 0 Å². The summed E-state index contributed by atoms with van der Waals surface area (Å²) in [6.07, 6.45) is 0. The van der Waals surface area contributed by atoms with Crippen LogP contribution in [0.1, 0.15) is 0 Å². The highest BCUT2D eigenvalue weighted by Gasteiger charge is 2.48. The van der Waals surface area contributed by atoms with Crippen molar-refractivity contribution in [2.45, 2.75) is 0 Å². The molecular weight excluding hydrogens is 180 g/mol. The molecule has 0 aromatic carbocycles. The van der Waals surface area contributed by atoms with Gasteiger partial charge in [-0.2, -0.15) is 0 Å². The molecule has 0 unspecified atom stereocenters. The first kappa shape index (κ1) is 9.68. The minimum absolute atomic E-state index is 0.0594. The van der Waals surface area contributed by atoms with Crippen LogP contribution in [0.5, 0.6) is 0 Å². The van der Waals surface area contributed by atoms with Crippen molar-refractivity contribution in [2.24, 2.45) is 5.41 Å². The van der Waals surface area contributed by atoms with E-state index < -0.39 is 0 Å². The SMILES string of the molecule is C=C(CN1CC2(COC2)C1)C(=O)NC. The second-order valence-electron chi connectivity index (χ2n) is 4.32. The van der Waals surface area contributed by atoms with E-state index in [9.17, 15) is 4.79 Å². The van der Waals surface area contributed by atoms with E-state index in [1.165, 1.54) is 0 Å². The van der Waals surface area contributed by atoms with Crippen LogP contribution in [0.25, 0.3) is 0 Å². The second-order valence-corrected chi connectivity index (χ2v) is 4.32. The maximum atomic E-state index is 11.2. The quantitative estimate of drug-likeness (QED) is 0.626. The summed E-state index contributed by atoms with van der Waals surface area (Å²) >= 11 is 0. The highest BCUT2D eigenvalue weighted by molar-refractivity contribution is 5.92. The number of ether oxygens (including phenoxy) is 1. The predicted octanol–water partition coefficient (Wildman–Crippen LogP) is -0.379. The molecule has 1 amide bonds. The van der Waals surface area contributed by atoms with Crippen LogP contribution >= 0.6 is 0 Å². The summed E-state index contributed by atoms with van der Waals surface area (Å²) in [7, 11) is 1.63. The topological polar surface area (TPSA) is 41.6 Å². The molecule has 1 N–H and O–H groups in total. The molecule has 0 saturated carbocycles. The number of amides is 1. The Morgan fingerprint density at radius 1 is 1.57 bits per heavy atom. The van der Waals surface area contributed by atoms with Crippen LogP contribution in [0.3, 0.4) is 0 Å². The van der Waals surface area contributed by atoms with E-state index in [-0.39, 0.29) is 5.91 Å². The van der Waals surface area contributed by atoms with Gasteiger partial charge >= 0.3 is 0 Å². The lowest BCUT2D eigenvalue weighted by atomic mass is 9.78. The summed E-state index contributed by atoms with van der Waals surface area (Å²) in [5, 5.41) is 2.58. The fourth-order valence-electron chi connectivity index (χ4n) is 2.11. The van der Waals surface area contributed by atoms with Gasteiger partial charge in [-0.15, -0.1) is 0 Å². The fourth-order valence-corrected chi connectivity index (χ4v) is 2.11. The monoisotopic (exact) mass is 196 g/mol. The van der Waals surface area contributed by atoms with Crippen LogP contribution < -0.4 is 5.32 Å². The van der Waals surface area contributed by atoms with Crippen LogP contribution in [0.15, 0.2) is 12.2 Å². The van der Waals surface area contributed by atoms with Crippen molar-refractivity contribution in [3.05, 3.63) is 12.2 Å². The molecule has 4 nitrogen and oxygen atoms in total. The van der Waals surface area contributed by atoms with Crippen molar-refractivity contribution < 1.29 is 9.53 Å². The second kappa shape index (κ2) is 3.37. The van der Waals surface area contributed by atoms with Crippen molar-refractivity contribution in [1.82, 2.24) is 10.2 Å². The van der Waals surface area contributed by atoms with Crippen LogP contribution in [-0.2, 0) is 9.53 Å². The van der Waals surface area contributed by atoms with E-state index >= 15 is 0 Å². The van der Waals surface area contributed by atoms with Crippen molar-refractivity contribution in [1.29, 1.82) is 0 Å². The van der Waals surface area contributed by atoms with Gasteiger partial charge in [-0.25, -0.2) is 0 Å². The Morgan fingerprint density at radius 3 is 2.64 bits per heavy atom. The zero-order chi connectivity index (χ0) is 10.2. The van der Waals surface area contributed by atoms with Gasteiger partial charge in [0, 0.05) is 37.7 Å². The van der Waals surface area contributed by atoms with Gasteiger partial charge in [-0.3, -0.25) is 9.69 Å². The van der Waals surface area contributed by atoms with Gasteiger partial charge in [0.2, 0.25) is 5.91 Å². The van der Waals surface area contributed by atoms with Crippen LogP contribution in [0.4, 0.5) is 0 Å². The maximum absolute atomic E-state index is 11.2. The number of rotatable bonds is 3. The average Bonchev–Trinajstić information content (AvgIpc) is 2.05. The molecule has 0 atom stereocenters. The summed E-state index contributed by atoms with van der Waals surface area (Å²) in [5.74, 6) is -0.0594. The lowest BCUT2D eigenvalue weighted by Crippen LogP contribution is -2.66. The molecule has 2 fully saturated rings. The van der Waals surface area contributed by atoms with Gasteiger partial charge in [0.25, 0.3) is 0 Å². The third-order valence-electron chi connectivity index (χ3n) is 2.90. The number of likely N-dealkylation sites (N-methyl/N-ethyl adjacent to an activating group) is 1. The average molecular weight is 196 g/mol. The van der Waals surface area contributed by atoms with Gasteiger partial charge in [-0.1, -0.05) is 6.58 Å². The predicted molar refractivity (Wildman–Crippen MR) is 52.9 cm³/mol. The molecule has 0 bridgehead atoms. The number of carbonyl (C=O) groups is 1. The van der Waals surface area contributed by atoms with E-state index in [0.29, 0.717) is 17.5 Å². The first-order valence-electron chi connectivity index (χ1n) is 4.85. The van der Waals surface area contributed by atoms with Gasteiger partial charge in [-0.05, 0) is 0 Å². The first-order chi connectivity index (χ1) is 6.65. The molecule has 4 heteroatoms. The molecule has 0 aliphatic carbocycles. The lowest BCUT2D eigenvalue weighted by Gasteiger charge is -2.55. The van der Waals surface area contributed by atoms with Gasteiger partial charge < -0.3 is 10.1 Å². The Bertz CT molecular complexity index is 263. The summed E-state index contributed by atoms with van der Waals surface area (Å²) in [5.41, 5.74) is 1.06. The van der Waals surface area contributed by atoms with E-state index in [0.717, 1.165) is 26.3 Å². The molecule has 14 heavy (non-hydrogen) atoms. The highest BCUT2D eigenvalue weighted by Crippen LogP contribution is 2.37. The van der Waals surface area contributed by atoms with Crippen molar-refractivity contribution in [3.63, 3.8) is 0 Å². The minimum atomic E-state index is -0.0594. The smallest absolute Gasteiger partial charge is 0.247 e. The number of nitrogens with zero attached hydrogens (tertiary/aromatic N) is 1. The van der Waals surface area contributed by atoms with E-state index in [4.69, 9.17) is 4.74 Å². The van der Waals surface area contributed by atoms with Gasteiger partial charge in [0.15, 0.2) is 0 Å². The van der Waals surface area contributed by atoms with Crippen molar-refractivity contribution in [2.75, 3.05) is 39.9 Å². The van der Waals surface area contributed by atoms with Crippen LogP contribution in [0.2, 0.25) is 0 Å². The number of nitrogens with one attached hydrogen (secondary N) is 1. The number of likely N-dealkylation sites (tertiary alicyclic amines) is 1. The maximum Gasteiger partial charge on any atom is 0.247 e. The Balaban J connectivity index is 1.73. The molecule has 0 radical (unpaired) electrons. The van der Waals surface area contributed by atoms with E-state index in [1.54, 1.807) is 7.05 Å². The number of carbonyl (C=O) groups excluding carboxylic acids is 1. The van der Waals surface area contributed by atoms with E-state index in [2.05, 4.69) is 16.8 Å². The first-order valence-corrected chi connectivity index (χ1v) is 4.85. The zero-order valence-electron chi connectivity index (χ0n) is 8.51. The third kappa shape index (κ3) is 1.55. The molecule has 78 valence electrons. The highest BCUT2D eigenvalue weighted by atomic mass is 16.5. The molecule has 2 aliphatic rings. The molecule has 0 aromatic heterocycles. The fraction of sp³-hybridized carbons (Fsp3) is 0.700. The summed E-state index contributed by atoms with van der Waals surface area (Å²) < 4.78 is 5.17. The van der Waals surface area contributed by atoms with Gasteiger partial charge in [0.1, 0.15) is 0 Å². The number of hydrogen-bond donors (Lipinski definition) is 1. The Labute approximate surface area is 83.9 Å². The standard InChI is InChI=1S/C10H16N2O2/c1-8(9(13)11-2)3-12-4-10(5-12)6-14-7-10/h1,3-7H2,2H3,(H,11,13). The molecule has 2 saturated heterocycles. The number of hydrogen-bond acceptors (Lipinski definition) is 3. The molecule has 2 rings (SSSR count). The summed E-state index contributed by atoms with van der Waals surface area (Å²) in [4.78, 5) is 13.4. The summed E-state index contributed by atoms with van der Waals surface area (Å²) in [6.45, 7) is 8.29. The molecule has 1 spiro atoms. The van der Waals surface area contributed by atoms with Gasteiger partial charge in [0.05, 0.1) is 13.2 Å².